The van der Waals surface area contributed by atoms with Gasteiger partial charge in [-0.05, 0) is 11.8 Å². The van der Waals surface area contributed by atoms with Gasteiger partial charge in [0.05, 0.1) is 17.9 Å². The highest BCUT2D eigenvalue weighted by Gasteiger charge is 2.32. The van der Waals surface area contributed by atoms with Crippen LogP contribution in [0.4, 0.5) is 0 Å². The SMILES string of the molecule is C#CCOCCSc1ncc2c(n1)CC(C)(C)CC2=O. The molecule has 1 aromatic heterocycles. The second-order valence-electron chi connectivity index (χ2n) is 5.56. The van der Waals surface area contributed by atoms with Crippen LogP contribution in [0, 0.1) is 17.8 Å². The van der Waals surface area contributed by atoms with Crippen LogP contribution in [-0.2, 0) is 11.2 Å². The van der Waals surface area contributed by atoms with Gasteiger partial charge in [-0.1, -0.05) is 31.5 Å². The lowest BCUT2D eigenvalue weighted by Crippen LogP contribution is -2.28. The number of fused-ring (bicyclic) bond motifs is 1. The highest BCUT2D eigenvalue weighted by Crippen LogP contribution is 2.34. The fourth-order valence-corrected chi connectivity index (χ4v) is 2.89. The summed E-state index contributed by atoms with van der Waals surface area (Å²) in [6.45, 7) is 5.08. The minimum Gasteiger partial charge on any atom is -0.368 e. The molecule has 0 unspecified atom stereocenters. The van der Waals surface area contributed by atoms with Crippen LogP contribution in [-0.4, -0.2) is 34.7 Å². The number of carbonyl (C=O) groups is 1. The number of Topliss-reactive ketones (excluding diaryl/α,β-unsaturated/α-hetero) is 1. The van der Waals surface area contributed by atoms with E-state index in [9.17, 15) is 4.79 Å². The first-order valence-corrected chi connectivity index (χ1v) is 7.53. The van der Waals surface area contributed by atoms with E-state index in [0.29, 0.717) is 30.4 Å². The fourth-order valence-electron chi connectivity index (χ4n) is 2.20. The van der Waals surface area contributed by atoms with E-state index >= 15 is 0 Å². The molecule has 0 amide bonds. The molecule has 1 aliphatic rings. The summed E-state index contributed by atoms with van der Waals surface area (Å²) in [5.74, 6) is 3.31. The van der Waals surface area contributed by atoms with Gasteiger partial charge in [0.1, 0.15) is 6.61 Å². The molecule has 0 spiro atoms. The minimum atomic E-state index is -0.0176. The lowest BCUT2D eigenvalue weighted by atomic mass is 9.76. The lowest BCUT2D eigenvalue weighted by Gasteiger charge is -2.29. The quantitative estimate of drug-likeness (QED) is 0.361. The van der Waals surface area contributed by atoms with Crippen LogP contribution < -0.4 is 0 Å². The molecule has 0 radical (unpaired) electrons. The zero-order chi connectivity index (χ0) is 14.6. The van der Waals surface area contributed by atoms with E-state index in [-0.39, 0.29) is 11.2 Å². The highest BCUT2D eigenvalue weighted by molar-refractivity contribution is 7.99. The summed E-state index contributed by atoms with van der Waals surface area (Å²) in [7, 11) is 0. The van der Waals surface area contributed by atoms with Crippen LogP contribution in [0.3, 0.4) is 0 Å². The zero-order valence-corrected chi connectivity index (χ0v) is 12.6. The van der Waals surface area contributed by atoms with E-state index in [4.69, 9.17) is 11.2 Å². The maximum Gasteiger partial charge on any atom is 0.187 e. The molecule has 0 atom stereocenters. The Morgan fingerprint density at radius 3 is 3.05 bits per heavy atom. The van der Waals surface area contributed by atoms with Crippen LogP contribution >= 0.6 is 11.8 Å². The van der Waals surface area contributed by atoms with Gasteiger partial charge in [-0.3, -0.25) is 4.79 Å². The van der Waals surface area contributed by atoms with Crippen molar-refractivity contribution in [3.8, 4) is 12.3 Å². The number of nitrogens with zero attached hydrogens (tertiary/aromatic N) is 2. The smallest absolute Gasteiger partial charge is 0.187 e. The Morgan fingerprint density at radius 2 is 2.30 bits per heavy atom. The van der Waals surface area contributed by atoms with Crippen molar-refractivity contribution < 1.29 is 9.53 Å². The van der Waals surface area contributed by atoms with Crippen molar-refractivity contribution in [2.24, 2.45) is 5.41 Å². The van der Waals surface area contributed by atoms with Gasteiger partial charge in [0.15, 0.2) is 10.9 Å². The highest BCUT2D eigenvalue weighted by atomic mass is 32.2. The molecule has 4 nitrogen and oxygen atoms in total. The molecular weight excluding hydrogens is 272 g/mol. The van der Waals surface area contributed by atoms with Crippen molar-refractivity contribution in [1.29, 1.82) is 0 Å². The second-order valence-corrected chi connectivity index (χ2v) is 6.62. The Bertz CT molecular complexity index is 549. The van der Waals surface area contributed by atoms with E-state index < -0.39 is 0 Å². The molecule has 20 heavy (non-hydrogen) atoms. The summed E-state index contributed by atoms with van der Waals surface area (Å²) in [6, 6.07) is 0. The molecule has 0 fully saturated rings. The van der Waals surface area contributed by atoms with Crippen LogP contribution in [0.25, 0.3) is 0 Å². The Labute approximate surface area is 123 Å². The third-order valence-corrected chi connectivity index (χ3v) is 3.90. The molecule has 106 valence electrons. The summed E-state index contributed by atoms with van der Waals surface area (Å²) in [4.78, 5) is 20.8. The van der Waals surface area contributed by atoms with Gasteiger partial charge in [0, 0.05) is 18.4 Å². The maximum atomic E-state index is 12.0. The van der Waals surface area contributed by atoms with Crippen molar-refractivity contribution in [2.45, 2.75) is 31.8 Å². The molecule has 1 heterocycles. The van der Waals surface area contributed by atoms with Crippen molar-refractivity contribution in [3.63, 3.8) is 0 Å². The third-order valence-electron chi connectivity index (χ3n) is 3.08. The van der Waals surface area contributed by atoms with Gasteiger partial charge in [-0.15, -0.1) is 6.42 Å². The molecule has 2 rings (SSSR count). The van der Waals surface area contributed by atoms with E-state index in [1.807, 2.05) is 0 Å². The van der Waals surface area contributed by atoms with E-state index in [1.165, 1.54) is 11.8 Å². The monoisotopic (exact) mass is 290 g/mol. The number of rotatable bonds is 5. The molecule has 0 aromatic carbocycles. The van der Waals surface area contributed by atoms with E-state index in [1.54, 1.807) is 6.20 Å². The van der Waals surface area contributed by atoms with Crippen molar-refractivity contribution in [3.05, 3.63) is 17.5 Å². The Hall–Kier alpha value is -1.38. The molecule has 0 saturated carbocycles. The summed E-state index contributed by atoms with van der Waals surface area (Å²) in [6.07, 6.45) is 8.14. The second kappa shape index (κ2) is 6.38. The van der Waals surface area contributed by atoms with Gasteiger partial charge in [-0.2, -0.15) is 0 Å². The average molecular weight is 290 g/mol. The van der Waals surface area contributed by atoms with Crippen LogP contribution in [0.1, 0.15) is 36.3 Å². The van der Waals surface area contributed by atoms with Gasteiger partial charge >= 0.3 is 0 Å². The molecule has 0 saturated heterocycles. The largest absolute Gasteiger partial charge is 0.368 e. The van der Waals surface area contributed by atoms with Crippen LogP contribution in [0.5, 0.6) is 0 Å². The number of ether oxygens (including phenoxy) is 1. The van der Waals surface area contributed by atoms with E-state index in [0.717, 1.165) is 17.9 Å². The van der Waals surface area contributed by atoms with Gasteiger partial charge < -0.3 is 4.74 Å². The predicted molar refractivity (Wildman–Crippen MR) is 78.8 cm³/mol. The molecule has 1 aromatic rings. The van der Waals surface area contributed by atoms with Crippen molar-refractivity contribution >= 4 is 17.5 Å². The summed E-state index contributed by atoms with van der Waals surface area (Å²) in [5.41, 5.74) is 1.53. The van der Waals surface area contributed by atoms with Crippen LogP contribution in [0.15, 0.2) is 11.4 Å². The Balaban J connectivity index is 2.01. The number of hydrogen-bond acceptors (Lipinski definition) is 5. The maximum absolute atomic E-state index is 12.0. The number of aromatic nitrogens is 2. The predicted octanol–water partition coefficient (Wildman–Crippen LogP) is 2.37. The molecule has 0 N–H and O–H groups in total. The minimum absolute atomic E-state index is 0.0176. The fraction of sp³-hybridized carbons (Fsp3) is 0.533. The lowest BCUT2D eigenvalue weighted by molar-refractivity contribution is 0.0909. The number of carbonyl (C=O) groups excluding carboxylic acids is 1. The topological polar surface area (TPSA) is 52.1 Å². The first-order valence-electron chi connectivity index (χ1n) is 6.55. The standard InChI is InChI=1S/C15H18N2O2S/c1-4-5-19-6-7-20-14-16-10-11-12(17-14)8-15(2,3)9-13(11)18/h1,10H,5-9H2,2-3H3. The average Bonchev–Trinajstić information content (AvgIpc) is 2.36. The molecular formula is C15H18N2O2S. The van der Waals surface area contributed by atoms with Gasteiger partial charge in [0.25, 0.3) is 0 Å². The number of terminal acetylenes is 1. The Morgan fingerprint density at radius 1 is 1.50 bits per heavy atom. The first kappa shape index (κ1) is 15.0. The van der Waals surface area contributed by atoms with Crippen molar-refractivity contribution in [2.75, 3.05) is 19.0 Å². The van der Waals surface area contributed by atoms with Gasteiger partial charge in [0.2, 0.25) is 0 Å². The van der Waals surface area contributed by atoms with Gasteiger partial charge in [-0.25, -0.2) is 9.97 Å². The zero-order valence-electron chi connectivity index (χ0n) is 11.8. The summed E-state index contributed by atoms with van der Waals surface area (Å²) in [5, 5.41) is 0.693. The molecule has 0 bridgehead atoms. The summed E-state index contributed by atoms with van der Waals surface area (Å²) < 4.78 is 5.20. The third kappa shape index (κ3) is 3.81. The molecule has 5 heteroatoms. The van der Waals surface area contributed by atoms with E-state index in [2.05, 4.69) is 29.7 Å². The van der Waals surface area contributed by atoms with Crippen LogP contribution in [0.2, 0.25) is 0 Å². The Kier molecular flexibility index (Phi) is 4.79. The summed E-state index contributed by atoms with van der Waals surface area (Å²) >= 11 is 1.52. The first-order chi connectivity index (χ1) is 9.52. The van der Waals surface area contributed by atoms with Crippen molar-refractivity contribution in [1.82, 2.24) is 9.97 Å². The molecule has 0 aliphatic heterocycles. The molecule has 1 aliphatic carbocycles. The number of thioether (sulfide) groups is 1. The normalized spacial score (nSPS) is 16.6. The number of hydrogen-bond donors (Lipinski definition) is 0. The number of ketones is 1.